The maximum absolute atomic E-state index is 13.0. The number of alkyl halides is 3. The van der Waals surface area contributed by atoms with Crippen LogP contribution in [0.25, 0.3) is 5.69 Å². The van der Waals surface area contributed by atoms with Crippen LogP contribution in [-0.2, 0) is 12.6 Å². The SMILES string of the molecule is CCc1c(N)nnn1-c1ccc(Br)cc1C(F)(F)F. The summed E-state index contributed by atoms with van der Waals surface area (Å²) in [6.45, 7) is 1.78. The van der Waals surface area contributed by atoms with Crippen molar-refractivity contribution in [1.82, 2.24) is 15.0 Å². The van der Waals surface area contributed by atoms with E-state index in [9.17, 15) is 13.2 Å². The topological polar surface area (TPSA) is 56.7 Å². The third-order valence-corrected chi connectivity index (χ3v) is 3.11. The lowest BCUT2D eigenvalue weighted by Gasteiger charge is -2.14. The van der Waals surface area contributed by atoms with Crippen molar-refractivity contribution in [2.75, 3.05) is 5.73 Å². The highest BCUT2D eigenvalue weighted by Gasteiger charge is 2.35. The van der Waals surface area contributed by atoms with Crippen LogP contribution in [0.15, 0.2) is 22.7 Å². The summed E-state index contributed by atoms with van der Waals surface area (Å²) in [6, 6.07) is 3.86. The molecular formula is C11H10BrF3N4. The fourth-order valence-corrected chi connectivity index (χ4v) is 2.12. The van der Waals surface area contributed by atoms with Crippen molar-refractivity contribution in [2.45, 2.75) is 19.5 Å². The van der Waals surface area contributed by atoms with E-state index >= 15 is 0 Å². The van der Waals surface area contributed by atoms with Crippen molar-refractivity contribution >= 4 is 21.7 Å². The van der Waals surface area contributed by atoms with Gasteiger partial charge in [0, 0.05) is 4.47 Å². The molecule has 2 aromatic rings. The van der Waals surface area contributed by atoms with Crippen molar-refractivity contribution in [2.24, 2.45) is 0 Å². The molecule has 1 aromatic carbocycles. The van der Waals surface area contributed by atoms with Crippen molar-refractivity contribution in [3.8, 4) is 5.69 Å². The number of halogens is 4. The van der Waals surface area contributed by atoms with Crippen LogP contribution in [0.1, 0.15) is 18.2 Å². The van der Waals surface area contributed by atoms with Gasteiger partial charge in [-0.25, -0.2) is 4.68 Å². The molecule has 0 aliphatic heterocycles. The first kappa shape index (κ1) is 13.9. The summed E-state index contributed by atoms with van der Waals surface area (Å²) in [5, 5.41) is 7.31. The maximum Gasteiger partial charge on any atom is 0.418 e. The second-order valence-corrected chi connectivity index (χ2v) is 4.76. The molecule has 0 atom stereocenters. The van der Waals surface area contributed by atoms with Gasteiger partial charge in [-0.3, -0.25) is 0 Å². The third kappa shape index (κ3) is 2.58. The zero-order chi connectivity index (χ0) is 14.2. The molecule has 0 saturated carbocycles. The predicted octanol–water partition coefficient (Wildman–Crippen LogP) is 3.19. The van der Waals surface area contributed by atoms with Gasteiger partial charge in [0.05, 0.1) is 16.9 Å². The van der Waals surface area contributed by atoms with Gasteiger partial charge in [0.1, 0.15) is 0 Å². The summed E-state index contributed by atoms with van der Waals surface area (Å²) in [5.41, 5.74) is 5.17. The molecule has 0 amide bonds. The number of nitrogens with two attached hydrogens (primary N) is 1. The first-order valence-electron chi connectivity index (χ1n) is 5.41. The average molecular weight is 335 g/mol. The van der Waals surface area contributed by atoms with Crippen LogP contribution in [0.3, 0.4) is 0 Å². The largest absolute Gasteiger partial charge is 0.418 e. The van der Waals surface area contributed by atoms with Crippen LogP contribution in [-0.4, -0.2) is 15.0 Å². The zero-order valence-corrected chi connectivity index (χ0v) is 11.5. The van der Waals surface area contributed by atoms with E-state index in [1.54, 1.807) is 6.92 Å². The van der Waals surface area contributed by atoms with Gasteiger partial charge in [-0.1, -0.05) is 28.1 Å². The van der Waals surface area contributed by atoms with E-state index in [0.717, 1.165) is 10.7 Å². The molecule has 0 aliphatic carbocycles. The van der Waals surface area contributed by atoms with E-state index in [-0.39, 0.29) is 11.5 Å². The van der Waals surface area contributed by atoms with E-state index in [1.807, 2.05) is 0 Å². The highest BCUT2D eigenvalue weighted by Crippen LogP contribution is 2.36. The second-order valence-electron chi connectivity index (χ2n) is 3.85. The summed E-state index contributed by atoms with van der Waals surface area (Å²) in [6.07, 6.45) is -4.04. The van der Waals surface area contributed by atoms with Crippen molar-refractivity contribution in [3.05, 3.63) is 33.9 Å². The van der Waals surface area contributed by atoms with Crippen molar-refractivity contribution in [1.29, 1.82) is 0 Å². The monoisotopic (exact) mass is 334 g/mol. The molecule has 0 saturated heterocycles. The van der Waals surface area contributed by atoms with E-state index in [4.69, 9.17) is 5.73 Å². The fourth-order valence-electron chi connectivity index (χ4n) is 1.76. The minimum atomic E-state index is -4.48. The number of rotatable bonds is 2. The first-order chi connectivity index (χ1) is 8.84. The summed E-state index contributed by atoms with van der Waals surface area (Å²) in [5.74, 6) is 0.138. The number of anilines is 1. The Bertz CT molecular complexity index is 606. The Labute approximate surface area is 115 Å². The van der Waals surface area contributed by atoms with Gasteiger partial charge < -0.3 is 5.73 Å². The molecule has 1 heterocycles. The molecule has 0 aliphatic rings. The molecule has 0 spiro atoms. The molecule has 0 unspecified atom stereocenters. The van der Waals surface area contributed by atoms with E-state index in [2.05, 4.69) is 26.2 Å². The molecule has 2 rings (SSSR count). The molecule has 1 aromatic heterocycles. The van der Waals surface area contributed by atoms with Crippen LogP contribution in [0.2, 0.25) is 0 Å². The molecule has 19 heavy (non-hydrogen) atoms. The normalized spacial score (nSPS) is 11.8. The number of nitrogens with zero attached hydrogens (tertiary/aromatic N) is 3. The average Bonchev–Trinajstić information content (AvgIpc) is 2.69. The summed E-state index contributed by atoms with van der Waals surface area (Å²) < 4.78 is 40.6. The summed E-state index contributed by atoms with van der Waals surface area (Å²) >= 11 is 3.03. The van der Waals surface area contributed by atoms with Gasteiger partial charge in [-0.2, -0.15) is 13.2 Å². The van der Waals surface area contributed by atoms with Crippen LogP contribution < -0.4 is 5.73 Å². The number of nitrogen functional groups attached to an aromatic ring is 1. The molecule has 102 valence electrons. The van der Waals surface area contributed by atoms with Crippen LogP contribution in [0.4, 0.5) is 19.0 Å². The Morgan fingerprint density at radius 1 is 1.37 bits per heavy atom. The van der Waals surface area contributed by atoms with E-state index in [0.29, 0.717) is 16.6 Å². The summed E-state index contributed by atoms with van der Waals surface area (Å²) in [4.78, 5) is 0. The Kier molecular flexibility index (Phi) is 3.53. The molecular weight excluding hydrogens is 325 g/mol. The molecule has 8 heteroatoms. The minimum absolute atomic E-state index is 0.0863. The lowest BCUT2D eigenvalue weighted by atomic mass is 10.1. The number of aromatic nitrogens is 3. The predicted molar refractivity (Wildman–Crippen MR) is 67.9 cm³/mol. The third-order valence-electron chi connectivity index (χ3n) is 2.62. The number of hydrogen-bond acceptors (Lipinski definition) is 3. The van der Waals surface area contributed by atoms with E-state index < -0.39 is 11.7 Å². The zero-order valence-electron chi connectivity index (χ0n) is 9.87. The smallest absolute Gasteiger partial charge is 0.381 e. The fraction of sp³-hybridized carbons (Fsp3) is 0.273. The minimum Gasteiger partial charge on any atom is -0.381 e. The second kappa shape index (κ2) is 4.84. The number of benzene rings is 1. The van der Waals surface area contributed by atoms with Gasteiger partial charge in [-0.05, 0) is 24.6 Å². The van der Waals surface area contributed by atoms with Gasteiger partial charge in [0.25, 0.3) is 0 Å². The molecule has 0 bridgehead atoms. The standard InChI is InChI=1S/C11H10BrF3N4/c1-2-8-10(16)17-18-19(8)9-4-3-6(12)5-7(9)11(13,14)15/h3-5H,2,16H2,1H3. The lowest BCUT2D eigenvalue weighted by molar-refractivity contribution is -0.137. The lowest BCUT2D eigenvalue weighted by Crippen LogP contribution is -2.13. The molecule has 4 nitrogen and oxygen atoms in total. The maximum atomic E-state index is 13.0. The van der Waals surface area contributed by atoms with Crippen molar-refractivity contribution in [3.63, 3.8) is 0 Å². The first-order valence-corrected chi connectivity index (χ1v) is 6.21. The Balaban J connectivity index is 2.68. The molecule has 2 N–H and O–H groups in total. The van der Waals surface area contributed by atoms with Crippen LogP contribution >= 0.6 is 15.9 Å². The molecule has 0 radical (unpaired) electrons. The van der Waals surface area contributed by atoms with Gasteiger partial charge in [0.15, 0.2) is 5.82 Å². The Morgan fingerprint density at radius 2 is 2.05 bits per heavy atom. The van der Waals surface area contributed by atoms with Gasteiger partial charge in [0.2, 0.25) is 0 Å². The highest BCUT2D eigenvalue weighted by atomic mass is 79.9. The van der Waals surface area contributed by atoms with E-state index in [1.165, 1.54) is 12.1 Å². The van der Waals surface area contributed by atoms with Gasteiger partial charge >= 0.3 is 6.18 Å². The highest BCUT2D eigenvalue weighted by molar-refractivity contribution is 9.10. The Morgan fingerprint density at radius 3 is 2.63 bits per heavy atom. The van der Waals surface area contributed by atoms with Crippen molar-refractivity contribution < 1.29 is 13.2 Å². The van der Waals surface area contributed by atoms with Crippen LogP contribution in [0.5, 0.6) is 0 Å². The van der Waals surface area contributed by atoms with Crippen LogP contribution in [0, 0.1) is 0 Å². The van der Waals surface area contributed by atoms with Gasteiger partial charge in [-0.15, -0.1) is 5.10 Å². The molecule has 0 fully saturated rings. The quantitative estimate of drug-likeness (QED) is 0.917. The number of hydrogen-bond donors (Lipinski definition) is 1. The Hall–Kier alpha value is -1.57. The summed E-state index contributed by atoms with van der Waals surface area (Å²) in [7, 11) is 0.